The first-order valence-corrected chi connectivity index (χ1v) is 5.61. The van der Waals surface area contributed by atoms with Crippen molar-refractivity contribution in [1.82, 2.24) is 0 Å². The van der Waals surface area contributed by atoms with E-state index in [0.717, 1.165) is 5.56 Å². The van der Waals surface area contributed by atoms with Crippen molar-refractivity contribution in [3.63, 3.8) is 0 Å². The zero-order valence-electron chi connectivity index (χ0n) is 9.24. The zero-order chi connectivity index (χ0) is 12.4. The van der Waals surface area contributed by atoms with Gasteiger partial charge in [0.15, 0.2) is 0 Å². The molecule has 0 aliphatic heterocycles. The van der Waals surface area contributed by atoms with Crippen molar-refractivity contribution in [3.05, 3.63) is 46.7 Å². The first-order chi connectivity index (χ1) is 8.11. The topological polar surface area (TPSA) is 50.4 Å². The average molecular weight is 251 g/mol. The van der Waals surface area contributed by atoms with Crippen LogP contribution in [0.15, 0.2) is 34.7 Å². The van der Waals surface area contributed by atoms with E-state index in [2.05, 4.69) is 0 Å². The molecule has 1 aromatic heterocycles. The van der Waals surface area contributed by atoms with Gasteiger partial charge in [-0.1, -0.05) is 18.5 Å². The first kappa shape index (κ1) is 11.7. The summed E-state index contributed by atoms with van der Waals surface area (Å²) in [5.41, 5.74) is 1.04. The van der Waals surface area contributed by atoms with Gasteiger partial charge in [0.1, 0.15) is 17.1 Å². The lowest BCUT2D eigenvalue weighted by molar-refractivity contribution is 0.0694. The molecule has 0 saturated carbocycles. The van der Waals surface area contributed by atoms with Crippen molar-refractivity contribution in [1.29, 1.82) is 0 Å². The minimum absolute atomic E-state index is 0.220. The van der Waals surface area contributed by atoms with Crippen LogP contribution >= 0.6 is 11.6 Å². The molecule has 0 amide bonds. The first-order valence-electron chi connectivity index (χ1n) is 5.23. The quantitative estimate of drug-likeness (QED) is 0.900. The van der Waals surface area contributed by atoms with Crippen molar-refractivity contribution in [3.8, 4) is 11.3 Å². The summed E-state index contributed by atoms with van der Waals surface area (Å²) in [6.45, 7) is 1.86. The van der Waals surface area contributed by atoms with Gasteiger partial charge in [-0.15, -0.1) is 0 Å². The maximum atomic E-state index is 11.0. The van der Waals surface area contributed by atoms with Crippen LogP contribution in [0.1, 0.15) is 23.0 Å². The van der Waals surface area contributed by atoms with Crippen molar-refractivity contribution >= 4 is 17.6 Å². The Morgan fingerprint density at radius 1 is 1.35 bits per heavy atom. The van der Waals surface area contributed by atoms with Crippen molar-refractivity contribution in [2.75, 3.05) is 0 Å². The van der Waals surface area contributed by atoms with Crippen LogP contribution in [0.4, 0.5) is 0 Å². The smallest absolute Gasteiger partial charge is 0.339 e. The van der Waals surface area contributed by atoms with Crippen molar-refractivity contribution in [2.45, 2.75) is 13.3 Å². The molecule has 0 fully saturated rings. The molecule has 88 valence electrons. The molecule has 1 aromatic carbocycles. The largest absolute Gasteiger partial charge is 0.478 e. The lowest BCUT2D eigenvalue weighted by Crippen LogP contribution is -1.97. The van der Waals surface area contributed by atoms with Crippen LogP contribution in [-0.2, 0) is 6.42 Å². The summed E-state index contributed by atoms with van der Waals surface area (Å²) in [6, 6.07) is 8.62. The van der Waals surface area contributed by atoms with Crippen LogP contribution < -0.4 is 0 Å². The number of furan rings is 1. The van der Waals surface area contributed by atoms with Crippen LogP contribution in [0, 0.1) is 0 Å². The molecule has 2 aromatic rings. The SMILES string of the molecule is CCc1oc(-c2ccc(Cl)cc2)cc1C(=O)O. The van der Waals surface area contributed by atoms with Gasteiger partial charge in [0, 0.05) is 17.0 Å². The highest BCUT2D eigenvalue weighted by Gasteiger charge is 2.16. The van der Waals surface area contributed by atoms with Gasteiger partial charge in [0.25, 0.3) is 0 Å². The Morgan fingerprint density at radius 3 is 2.47 bits per heavy atom. The normalized spacial score (nSPS) is 10.5. The average Bonchev–Trinajstić information content (AvgIpc) is 2.74. The fraction of sp³-hybridized carbons (Fsp3) is 0.154. The molecule has 1 N–H and O–H groups in total. The summed E-state index contributed by atoms with van der Waals surface area (Å²) in [4.78, 5) is 11.0. The van der Waals surface area contributed by atoms with Crippen molar-refractivity contribution in [2.24, 2.45) is 0 Å². The molecule has 0 aliphatic rings. The zero-order valence-corrected chi connectivity index (χ0v) is 9.99. The van der Waals surface area contributed by atoms with E-state index in [0.29, 0.717) is 23.0 Å². The maximum absolute atomic E-state index is 11.0. The third-order valence-corrected chi connectivity index (χ3v) is 2.74. The molecule has 0 bridgehead atoms. The van der Waals surface area contributed by atoms with Crippen LogP contribution in [0.2, 0.25) is 5.02 Å². The summed E-state index contributed by atoms with van der Waals surface area (Å²) < 4.78 is 5.53. The number of halogens is 1. The van der Waals surface area contributed by atoms with Gasteiger partial charge in [-0.05, 0) is 30.3 Å². The second-order valence-corrected chi connectivity index (χ2v) is 4.05. The lowest BCUT2D eigenvalue weighted by Gasteiger charge is -1.96. The van der Waals surface area contributed by atoms with Gasteiger partial charge < -0.3 is 9.52 Å². The summed E-state index contributed by atoms with van der Waals surface area (Å²) in [7, 11) is 0. The Bertz CT molecular complexity index is 540. The number of rotatable bonds is 3. The van der Waals surface area contributed by atoms with Gasteiger partial charge in [0.2, 0.25) is 0 Å². The van der Waals surface area contributed by atoms with Gasteiger partial charge >= 0.3 is 5.97 Å². The van der Waals surface area contributed by atoms with E-state index in [4.69, 9.17) is 21.1 Å². The van der Waals surface area contributed by atoms with Crippen LogP contribution in [0.3, 0.4) is 0 Å². The number of hydrogen-bond donors (Lipinski definition) is 1. The molecule has 0 atom stereocenters. The predicted octanol–water partition coefficient (Wildman–Crippen LogP) is 3.86. The molecule has 3 nitrogen and oxygen atoms in total. The molecule has 2 rings (SSSR count). The number of aryl methyl sites for hydroxylation is 1. The number of benzene rings is 1. The monoisotopic (exact) mass is 250 g/mol. The number of aromatic carboxylic acids is 1. The van der Waals surface area contributed by atoms with Crippen LogP contribution in [0.5, 0.6) is 0 Å². The standard InChI is InChI=1S/C13H11ClO3/c1-2-11-10(13(15)16)7-12(17-11)8-3-5-9(14)6-4-8/h3-7H,2H2,1H3,(H,15,16). The van der Waals surface area contributed by atoms with Gasteiger partial charge in [-0.25, -0.2) is 4.79 Å². The Balaban J connectivity index is 2.46. The maximum Gasteiger partial charge on any atom is 0.339 e. The molecule has 4 heteroatoms. The van der Waals surface area contributed by atoms with E-state index in [-0.39, 0.29) is 5.56 Å². The Labute approximate surface area is 104 Å². The van der Waals surface area contributed by atoms with E-state index >= 15 is 0 Å². The number of hydrogen-bond acceptors (Lipinski definition) is 2. The highest BCUT2D eigenvalue weighted by Crippen LogP contribution is 2.27. The third kappa shape index (κ3) is 2.34. The second-order valence-electron chi connectivity index (χ2n) is 3.61. The predicted molar refractivity (Wildman–Crippen MR) is 65.5 cm³/mol. The molecule has 17 heavy (non-hydrogen) atoms. The Hall–Kier alpha value is -1.74. The molecule has 0 radical (unpaired) electrons. The number of carbonyl (C=O) groups is 1. The van der Waals surface area contributed by atoms with Crippen molar-refractivity contribution < 1.29 is 14.3 Å². The number of carboxylic acid groups (broad SMARTS) is 1. The van der Waals surface area contributed by atoms with Gasteiger partial charge in [0.05, 0.1) is 0 Å². The summed E-state index contributed by atoms with van der Waals surface area (Å²) >= 11 is 5.79. The van der Waals surface area contributed by atoms with E-state index in [9.17, 15) is 4.79 Å². The third-order valence-electron chi connectivity index (χ3n) is 2.49. The van der Waals surface area contributed by atoms with Crippen LogP contribution in [0.25, 0.3) is 11.3 Å². The molecule has 0 aliphatic carbocycles. The van der Waals surface area contributed by atoms with E-state index in [1.807, 2.05) is 6.92 Å². The summed E-state index contributed by atoms with van der Waals surface area (Å²) in [5, 5.41) is 9.65. The minimum atomic E-state index is -0.967. The fourth-order valence-electron chi connectivity index (χ4n) is 1.63. The minimum Gasteiger partial charge on any atom is -0.478 e. The molecule has 0 saturated heterocycles. The van der Waals surface area contributed by atoms with E-state index in [1.54, 1.807) is 30.3 Å². The van der Waals surface area contributed by atoms with Gasteiger partial charge in [-0.2, -0.15) is 0 Å². The van der Waals surface area contributed by atoms with Crippen LogP contribution in [-0.4, -0.2) is 11.1 Å². The lowest BCUT2D eigenvalue weighted by atomic mass is 10.1. The summed E-state index contributed by atoms with van der Waals surface area (Å²) in [5.74, 6) is 0.0733. The molecular formula is C13H11ClO3. The van der Waals surface area contributed by atoms with E-state index in [1.165, 1.54) is 0 Å². The highest BCUT2D eigenvalue weighted by atomic mass is 35.5. The molecular weight excluding hydrogens is 240 g/mol. The second kappa shape index (κ2) is 4.63. The molecule has 0 spiro atoms. The van der Waals surface area contributed by atoms with Gasteiger partial charge in [-0.3, -0.25) is 0 Å². The highest BCUT2D eigenvalue weighted by molar-refractivity contribution is 6.30. The number of carboxylic acids is 1. The Kier molecular flexibility index (Phi) is 3.20. The Morgan fingerprint density at radius 2 is 2.00 bits per heavy atom. The molecule has 0 unspecified atom stereocenters. The van der Waals surface area contributed by atoms with E-state index < -0.39 is 5.97 Å². The molecule has 1 heterocycles. The fourth-order valence-corrected chi connectivity index (χ4v) is 1.75. The summed E-state index contributed by atoms with van der Waals surface area (Å²) in [6.07, 6.45) is 0.551.